The van der Waals surface area contributed by atoms with Crippen molar-refractivity contribution in [1.29, 1.82) is 0 Å². The first-order chi connectivity index (χ1) is 13.2. The van der Waals surface area contributed by atoms with Crippen LogP contribution in [0, 0.1) is 5.82 Å². The molecular formula is C19H13FN4O3. The lowest BCUT2D eigenvalue weighted by Crippen LogP contribution is -2.12. The van der Waals surface area contributed by atoms with Crippen LogP contribution in [0.3, 0.4) is 0 Å². The van der Waals surface area contributed by atoms with Gasteiger partial charge < -0.3 is 9.26 Å². The zero-order valence-electron chi connectivity index (χ0n) is 14.2. The molecule has 0 aliphatic carbocycles. The summed E-state index contributed by atoms with van der Waals surface area (Å²) < 4.78 is 25.4. The third-order valence-electron chi connectivity index (χ3n) is 3.86. The molecule has 0 saturated heterocycles. The van der Waals surface area contributed by atoms with Crippen LogP contribution in [0.2, 0.25) is 0 Å². The zero-order valence-corrected chi connectivity index (χ0v) is 14.2. The fraction of sp³-hybridized carbons (Fsp3) is 0.0526. The molecule has 2 aromatic heterocycles. The maximum Gasteiger partial charge on any atom is 0.282 e. The summed E-state index contributed by atoms with van der Waals surface area (Å²) >= 11 is 0. The second kappa shape index (κ2) is 6.83. The topological polar surface area (TPSA) is 83.0 Å². The summed E-state index contributed by atoms with van der Waals surface area (Å²) in [5.74, 6) is 0.394. The van der Waals surface area contributed by atoms with Crippen molar-refractivity contribution in [1.82, 2.24) is 19.9 Å². The van der Waals surface area contributed by atoms with E-state index in [9.17, 15) is 9.18 Å². The van der Waals surface area contributed by atoms with Gasteiger partial charge >= 0.3 is 0 Å². The number of rotatable bonds is 4. The van der Waals surface area contributed by atoms with Gasteiger partial charge in [-0.3, -0.25) is 4.79 Å². The Balaban J connectivity index is 1.77. The number of para-hydroxylation sites is 1. The van der Waals surface area contributed by atoms with Crippen molar-refractivity contribution in [2.45, 2.75) is 0 Å². The largest absolute Gasteiger partial charge is 0.496 e. The Morgan fingerprint density at radius 2 is 1.96 bits per heavy atom. The van der Waals surface area contributed by atoms with Crippen LogP contribution in [0.1, 0.15) is 0 Å². The monoisotopic (exact) mass is 364 g/mol. The molecule has 0 N–H and O–H groups in total. The van der Waals surface area contributed by atoms with E-state index in [0.717, 1.165) is 0 Å². The molecule has 27 heavy (non-hydrogen) atoms. The van der Waals surface area contributed by atoms with Crippen LogP contribution in [0.4, 0.5) is 4.39 Å². The Morgan fingerprint density at radius 1 is 1.11 bits per heavy atom. The molecule has 2 aromatic carbocycles. The number of hydrogen-bond acceptors (Lipinski definition) is 6. The summed E-state index contributed by atoms with van der Waals surface area (Å²) in [7, 11) is 1.54. The van der Waals surface area contributed by atoms with Gasteiger partial charge in [0.05, 0.1) is 18.4 Å². The molecule has 0 spiro atoms. The van der Waals surface area contributed by atoms with E-state index in [1.807, 2.05) is 12.1 Å². The van der Waals surface area contributed by atoms with Crippen LogP contribution in [0.5, 0.6) is 5.75 Å². The molecule has 0 radical (unpaired) electrons. The highest BCUT2D eigenvalue weighted by Gasteiger charge is 2.18. The Hall–Kier alpha value is -3.81. The van der Waals surface area contributed by atoms with Crippen LogP contribution in [0.15, 0.2) is 70.1 Å². The van der Waals surface area contributed by atoms with Gasteiger partial charge in [0, 0.05) is 12.3 Å². The van der Waals surface area contributed by atoms with Gasteiger partial charge in [0.15, 0.2) is 5.69 Å². The molecule has 0 aliphatic rings. The Labute approximate surface area is 152 Å². The van der Waals surface area contributed by atoms with Crippen LogP contribution in [0.25, 0.3) is 28.7 Å². The van der Waals surface area contributed by atoms with Crippen LogP contribution >= 0.6 is 0 Å². The molecule has 4 rings (SSSR count). The van der Waals surface area contributed by atoms with E-state index >= 15 is 0 Å². The molecule has 0 amide bonds. The predicted molar refractivity (Wildman–Crippen MR) is 95.1 cm³/mol. The minimum absolute atomic E-state index is 0.0320. The Bertz CT molecular complexity index is 1170. The van der Waals surface area contributed by atoms with Crippen molar-refractivity contribution in [3.8, 4) is 34.4 Å². The fourth-order valence-electron chi connectivity index (χ4n) is 2.58. The van der Waals surface area contributed by atoms with E-state index in [2.05, 4.69) is 15.2 Å². The smallest absolute Gasteiger partial charge is 0.282 e. The molecule has 4 aromatic rings. The average molecular weight is 364 g/mol. The van der Waals surface area contributed by atoms with Gasteiger partial charge in [0.1, 0.15) is 11.6 Å². The number of nitrogens with zero attached hydrogens (tertiary/aromatic N) is 4. The molecule has 2 heterocycles. The first-order valence-electron chi connectivity index (χ1n) is 7.99. The Kier molecular flexibility index (Phi) is 4.21. The van der Waals surface area contributed by atoms with Crippen molar-refractivity contribution in [3.05, 3.63) is 76.8 Å². The van der Waals surface area contributed by atoms with E-state index in [0.29, 0.717) is 17.0 Å². The number of halogens is 1. The average Bonchev–Trinajstić information content (AvgIpc) is 3.18. The van der Waals surface area contributed by atoms with Crippen molar-refractivity contribution in [2.24, 2.45) is 0 Å². The zero-order chi connectivity index (χ0) is 18.8. The van der Waals surface area contributed by atoms with Gasteiger partial charge in [-0.15, -0.1) is 0 Å². The molecule has 0 saturated carbocycles. The van der Waals surface area contributed by atoms with Crippen molar-refractivity contribution in [3.63, 3.8) is 0 Å². The fourth-order valence-corrected chi connectivity index (χ4v) is 2.58. The van der Waals surface area contributed by atoms with Crippen LogP contribution in [-0.2, 0) is 0 Å². The lowest BCUT2D eigenvalue weighted by Gasteiger charge is -2.05. The number of benzene rings is 2. The molecule has 0 bridgehead atoms. The standard InChI is InChI=1S/C19H13FN4O3/c1-26-16-8-3-2-7-14(16)18-21-19(27-23-18)17-15(25)9-10-24(22-17)13-6-4-5-12(20)11-13/h2-11H,1H3. The highest BCUT2D eigenvalue weighted by Crippen LogP contribution is 2.28. The van der Waals surface area contributed by atoms with Gasteiger partial charge in [-0.05, 0) is 30.3 Å². The number of methoxy groups -OCH3 is 1. The predicted octanol–water partition coefficient (Wildman–Crippen LogP) is 3.10. The molecule has 0 fully saturated rings. The quantitative estimate of drug-likeness (QED) is 0.553. The maximum atomic E-state index is 13.5. The van der Waals surface area contributed by atoms with E-state index < -0.39 is 11.2 Å². The van der Waals surface area contributed by atoms with Crippen molar-refractivity contribution >= 4 is 0 Å². The summed E-state index contributed by atoms with van der Waals surface area (Å²) in [5.41, 5.74) is 0.658. The van der Waals surface area contributed by atoms with Gasteiger partial charge in [0.2, 0.25) is 11.3 Å². The third kappa shape index (κ3) is 3.20. The molecule has 7 nitrogen and oxygen atoms in total. The lowest BCUT2D eigenvalue weighted by atomic mass is 10.2. The number of aromatic nitrogens is 4. The summed E-state index contributed by atoms with van der Waals surface area (Å²) in [4.78, 5) is 16.5. The second-order valence-corrected chi connectivity index (χ2v) is 5.58. The molecule has 0 aliphatic heterocycles. The van der Waals surface area contributed by atoms with Crippen LogP contribution < -0.4 is 10.2 Å². The molecule has 0 unspecified atom stereocenters. The number of hydrogen-bond donors (Lipinski definition) is 0. The normalized spacial score (nSPS) is 10.7. The number of ether oxygens (including phenoxy) is 1. The lowest BCUT2D eigenvalue weighted by molar-refractivity contribution is 0.413. The summed E-state index contributed by atoms with van der Waals surface area (Å²) in [6.07, 6.45) is 1.44. The summed E-state index contributed by atoms with van der Waals surface area (Å²) in [5, 5.41) is 8.13. The Morgan fingerprint density at radius 3 is 2.78 bits per heavy atom. The minimum atomic E-state index is -0.411. The van der Waals surface area contributed by atoms with E-state index in [1.54, 1.807) is 24.3 Å². The molecule has 8 heteroatoms. The van der Waals surface area contributed by atoms with E-state index in [1.165, 1.54) is 36.2 Å². The van der Waals surface area contributed by atoms with E-state index in [4.69, 9.17) is 9.26 Å². The van der Waals surface area contributed by atoms with Crippen molar-refractivity contribution < 1.29 is 13.7 Å². The second-order valence-electron chi connectivity index (χ2n) is 5.58. The highest BCUT2D eigenvalue weighted by molar-refractivity contribution is 5.65. The van der Waals surface area contributed by atoms with Gasteiger partial charge in [0.25, 0.3) is 5.89 Å². The maximum absolute atomic E-state index is 13.5. The third-order valence-corrected chi connectivity index (χ3v) is 3.86. The first-order valence-corrected chi connectivity index (χ1v) is 7.99. The summed E-state index contributed by atoms with van der Waals surface area (Å²) in [6.45, 7) is 0. The van der Waals surface area contributed by atoms with E-state index in [-0.39, 0.29) is 17.4 Å². The first kappa shape index (κ1) is 16.6. The summed E-state index contributed by atoms with van der Waals surface area (Å²) in [6, 6.07) is 14.3. The molecular weight excluding hydrogens is 351 g/mol. The van der Waals surface area contributed by atoms with Gasteiger partial charge in [-0.2, -0.15) is 10.1 Å². The van der Waals surface area contributed by atoms with Gasteiger partial charge in [-0.25, -0.2) is 9.07 Å². The molecule has 0 atom stereocenters. The van der Waals surface area contributed by atoms with Crippen LogP contribution in [-0.4, -0.2) is 27.0 Å². The minimum Gasteiger partial charge on any atom is -0.496 e. The van der Waals surface area contributed by atoms with Gasteiger partial charge in [-0.1, -0.05) is 23.4 Å². The molecule has 134 valence electrons. The SMILES string of the molecule is COc1ccccc1-c1noc(-c2nn(-c3cccc(F)c3)ccc2=O)n1. The van der Waals surface area contributed by atoms with Crippen molar-refractivity contribution in [2.75, 3.05) is 7.11 Å². The highest BCUT2D eigenvalue weighted by atomic mass is 19.1.